The Kier molecular flexibility index (Phi) is 7.55. The van der Waals surface area contributed by atoms with Gasteiger partial charge < -0.3 is 24.1 Å². The lowest BCUT2D eigenvalue weighted by atomic mass is 9.91. The minimum Gasteiger partial charge on any atom is -0.493 e. The molecule has 3 aromatic carbocycles. The third kappa shape index (κ3) is 5.86. The fourth-order valence-corrected chi connectivity index (χ4v) is 6.07. The first-order valence-electron chi connectivity index (χ1n) is 14.0. The number of aliphatic carboxylic acids is 1. The summed E-state index contributed by atoms with van der Waals surface area (Å²) >= 11 is 0. The van der Waals surface area contributed by atoms with Crippen LogP contribution >= 0.6 is 0 Å². The van der Waals surface area contributed by atoms with Crippen LogP contribution in [0.3, 0.4) is 0 Å². The summed E-state index contributed by atoms with van der Waals surface area (Å²) < 4.78 is 65.8. The summed E-state index contributed by atoms with van der Waals surface area (Å²) in [5, 5.41) is 9.14. The maximum absolute atomic E-state index is 14.2. The molecule has 3 aliphatic rings. The van der Waals surface area contributed by atoms with Crippen molar-refractivity contribution in [3.8, 4) is 28.4 Å². The number of hydrogen-bond donors (Lipinski definition) is 1. The molecule has 216 valence electrons. The molecule has 0 spiro atoms. The van der Waals surface area contributed by atoms with Gasteiger partial charge in [0.05, 0.1) is 25.2 Å². The zero-order chi connectivity index (χ0) is 28.6. The van der Waals surface area contributed by atoms with E-state index in [9.17, 15) is 18.0 Å². The molecule has 1 fully saturated rings. The molecule has 6 nitrogen and oxygen atoms in total. The summed E-state index contributed by atoms with van der Waals surface area (Å²) in [6.07, 6.45) is -2.07. The van der Waals surface area contributed by atoms with Crippen molar-refractivity contribution in [3.63, 3.8) is 0 Å². The number of carboxylic acids is 1. The summed E-state index contributed by atoms with van der Waals surface area (Å²) in [5.74, 6) is 1.06. The number of ether oxygens (including phenoxy) is 4. The largest absolute Gasteiger partial charge is 0.493 e. The van der Waals surface area contributed by atoms with Crippen molar-refractivity contribution in [2.45, 2.75) is 50.3 Å². The normalized spacial score (nSPS) is 20.3. The Morgan fingerprint density at radius 3 is 2.41 bits per heavy atom. The minimum atomic E-state index is -4.51. The molecule has 0 unspecified atom stereocenters. The molecule has 1 saturated heterocycles. The lowest BCUT2D eigenvalue weighted by molar-refractivity contribution is -0.138. The third-order valence-corrected chi connectivity index (χ3v) is 8.19. The molecule has 0 aromatic heterocycles. The summed E-state index contributed by atoms with van der Waals surface area (Å²) in [4.78, 5) is 11.1. The number of benzene rings is 3. The number of rotatable bonds is 8. The quantitative estimate of drug-likeness (QED) is 0.310. The molecule has 2 aliphatic heterocycles. The molecule has 9 heteroatoms. The van der Waals surface area contributed by atoms with E-state index in [1.54, 1.807) is 36.4 Å². The maximum Gasteiger partial charge on any atom is 0.417 e. The van der Waals surface area contributed by atoms with E-state index >= 15 is 0 Å². The van der Waals surface area contributed by atoms with E-state index < -0.39 is 23.8 Å². The Bertz CT molecular complexity index is 1410. The van der Waals surface area contributed by atoms with Crippen LogP contribution in [0.4, 0.5) is 13.2 Å². The fourth-order valence-electron chi connectivity index (χ4n) is 6.07. The van der Waals surface area contributed by atoms with Gasteiger partial charge in [0.1, 0.15) is 23.4 Å². The zero-order valence-corrected chi connectivity index (χ0v) is 22.4. The zero-order valence-electron chi connectivity index (χ0n) is 22.4. The van der Waals surface area contributed by atoms with Gasteiger partial charge in [-0.3, -0.25) is 4.79 Å². The predicted molar refractivity (Wildman–Crippen MR) is 145 cm³/mol. The van der Waals surface area contributed by atoms with Crippen LogP contribution in [-0.2, 0) is 22.1 Å². The van der Waals surface area contributed by atoms with Crippen molar-refractivity contribution >= 4 is 5.97 Å². The van der Waals surface area contributed by atoms with Gasteiger partial charge in [0.25, 0.3) is 0 Å². The number of hydrogen-bond acceptors (Lipinski definition) is 5. The average Bonchev–Trinajstić information content (AvgIpc) is 3.55. The first kappa shape index (κ1) is 27.4. The van der Waals surface area contributed by atoms with Crippen molar-refractivity contribution in [3.05, 3.63) is 76.9 Å². The van der Waals surface area contributed by atoms with Crippen LogP contribution in [0.15, 0.2) is 54.6 Å². The molecule has 2 atom stereocenters. The average molecular weight is 569 g/mol. The molecule has 41 heavy (non-hydrogen) atoms. The van der Waals surface area contributed by atoms with Gasteiger partial charge in [0.2, 0.25) is 0 Å². The Hall–Kier alpha value is -3.72. The number of fused-ring (bicyclic) bond motifs is 2. The third-order valence-electron chi connectivity index (χ3n) is 8.19. The summed E-state index contributed by atoms with van der Waals surface area (Å²) in [6, 6.07) is 14.9. The van der Waals surface area contributed by atoms with E-state index in [1.807, 2.05) is 6.07 Å². The Balaban J connectivity index is 1.23. The molecule has 0 amide bonds. The van der Waals surface area contributed by atoms with Gasteiger partial charge in [-0.05, 0) is 78.1 Å². The Morgan fingerprint density at radius 1 is 0.951 bits per heavy atom. The van der Waals surface area contributed by atoms with Gasteiger partial charge in [0, 0.05) is 30.8 Å². The summed E-state index contributed by atoms with van der Waals surface area (Å²) in [5.41, 5.74) is 2.21. The number of alkyl halides is 3. The topological polar surface area (TPSA) is 74.2 Å². The molecule has 0 saturated carbocycles. The highest BCUT2D eigenvalue weighted by Gasteiger charge is 2.38. The van der Waals surface area contributed by atoms with Gasteiger partial charge in [-0.15, -0.1) is 0 Å². The number of halogens is 3. The van der Waals surface area contributed by atoms with E-state index in [0.29, 0.717) is 60.3 Å². The van der Waals surface area contributed by atoms with Crippen molar-refractivity contribution in [2.75, 3.05) is 26.4 Å². The molecule has 0 bridgehead atoms. The monoisotopic (exact) mass is 568 g/mol. The SMILES string of the molecule is O=C(O)C[C@@H]1COc2cc(O[C@@H]3CCc4c3ccc(C(F)(F)F)c4-c3ccc(OCC4CCOCC4)cc3)ccc21. The number of carboxylic acid groups (broad SMARTS) is 1. The molecular weight excluding hydrogens is 537 g/mol. The molecular formula is C32H31F3O6. The number of carbonyl (C=O) groups is 1. The standard InChI is InChI=1S/C32H31F3O6/c33-32(34,35)27-9-7-25-26(31(27)20-1-3-22(4-2-20)39-17-19-11-13-38-14-12-19)8-10-28(25)41-23-5-6-24-21(15-30(36)37)18-40-29(24)16-23/h1-7,9,16,19,21,28H,8,10-15,17-18H2,(H,36,37)/t21-,28-/m1/s1. The van der Waals surface area contributed by atoms with E-state index in [-0.39, 0.29) is 17.9 Å². The first-order chi connectivity index (χ1) is 19.8. The van der Waals surface area contributed by atoms with Crippen molar-refractivity contribution in [1.29, 1.82) is 0 Å². The highest BCUT2D eigenvalue weighted by atomic mass is 19.4. The van der Waals surface area contributed by atoms with Crippen molar-refractivity contribution < 1.29 is 42.0 Å². The second kappa shape index (κ2) is 11.3. The van der Waals surface area contributed by atoms with E-state index in [4.69, 9.17) is 24.1 Å². The second-order valence-electron chi connectivity index (χ2n) is 10.9. The minimum absolute atomic E-state index is 0.0173. The van der Waals surface area contributed by atoms with Gasteiger partial charge in [-0.1, -0.05) is 24.3 Å². The van der Waals surface area contributed by atoms with Crippen LogP contribution in [-0.4, -0.2) is 37.5 Å². The summed E-state index contributed by atoms with van der Waals surface area (Å²) in [7, 11) is 0. The van der Waals surface area contributed by atoms with E-state index in [1.165, 1.54) is 6.07 Å². The lowest BCUT2D eigenvalue weighted by Gasteiger charge is -2.22. The van der Waals surface area contributed by atoms with Gasteiger partial charge >= 0.3 is 12.1 Å². The smallest absolute Gasteiger partial charge is 0.417 e. The van der Waals surface area contributed by atoms with Gasteiger partial charge in [-0.2, -0.15) is 13.2 Å². The fraction of sp³-hybridized carbons (Fsp3) is 0.406. The maximum atomic E-state index is 14.2. The van der Waals surface area contributed by atoms with Gasteiger partial charge in [-0.25, -0.2) is 0 Å². The van der Waals surface area contributed by atoms with E-state index in [0.717, 1.165) is 43.2 Å². The highest BCUT2D eigenvalue weighted by molar-refractivity contribution is 5.75. The van der Waals surface area contributed by atoms with Crippen LogP contribution < -0.4 is 14.2 Å². The molecule has 2 heterocycles. The summed E-state index contributed by atoms with van der Waals surface area (Å²) in [6.45, 7) is 2.31. The highest BCUT2D eigenvalue weighted by Crippen LogP contribution is 2.47. The predicted octanol–water partition coefficient (Wildman–Crippen LogP) is 7.19. The van der Waals surface area contributed by atoms with Crippen molar-refractivity contribution in [2.24, 2.45) is 5.92 Å². The van der Waals surface area contributed by atoms with Crippen molar-refractivity contribution in [1.82, 2.24) is 0 Å². The van der Waals surface area contributed by atoms with Crippen LogP contribution in [0.2, 0.25) is 0 Å². The molecule has 1 aliphatic carbocycles. The van der Waals surface area contributed by atoms with Crippen LogP contribution in [0.5, 0.6) is 17.2 Å². The molecule has 0 radical (unpaired) electrons. The van der Waals surface area contributed by atoms with Gasteiger partial charge in [0.15, 0.2) is 0 Å². The Labute approximate surface area is 236 Å². The van der Waals surface area contributed by atoms with E-state index in [2.05, 4.69) is 0 Å². The first-order valence-corrected chi connectivity index (χ1v) is 14.0. The molecule has 6 rings (SSSR count). The van der Waals surface area contributed by atoms with Crippen LogP contribution in [0, 0.1) is 5.92 Å². The molecule has 3 aromatic rings. The van der Waals surface area contributed by atoms with Crippen LogP contribution in [0.25, 0.3) is 11.1 Å². The molecule has 1 N–H and O–H groups in total. The van der Waals surface area contributed by atoms with Crippen LogP contribution in [0.1, 0.15) is 60.0 Å². The Morgan fingerprint density at radius 2 is 1.68 bits per heavy atom. The second-order valence-corrected chi connectivity index (χ2v) is 10.9. The lowest BCUT2D eigenvalue weighted by Crippen LogP contribution is -2.21.